The van der Waals surface area contributed by atoms with Gasteiger partial charge in [-0.2, -0.15) is 0 Å². The van der Waals surface area contributed by atoms with Gasteiger partial charge in [0.1, 0.15) is 6.61 Å². The Morgan fingerprint density at radius 3 is 2.33 bits per heavy atom. The number of hydrogen-bond donors (Lipinski definition) is 1. The van der Waals surface area contributed by atoms with E-state index in [1.165, 1.54) is 38.1 Å². The molecule has 1 rings (SSSR count). The molecule has 0 bridgehead atoms. The standard InChI is InChI=1S/C20H30N2O7S/c1-13(2)7-8-30-18(23)20(3,4)12-21-19(24)29-11-14-9-16(27-5)17(28-6)10-15(14)22(25)26/h9-10,13H,7-8,11-12H2,1-6H3,(H,21,24). The summed E-state index contributed by atoms with van der Waals surface area (Å²) < 4.78 is 15.3. The lowest BCUT2D eigenvalue weighted by molar-refractivity contribution is -0.385. The van der Waals surface area contributed by atoms with Crippen LogP contribution in [0.1, 0.15) is 39.7 Å². The Hall–Kier alpha value is -2.49. The quantitative estimate of drug-likeness (QED) is 0.401. The molecule has 0 heterocycles. The van der Waals surface area contributed by atoms with Crippen LogP contribution >= 0.6 is 11.8 Å². The van der Waals surface area contributed by atoms with E-state index in [0.29, 0.717) is 5.92 Å². The van der Waals surface area contributed by atoms with E-state index < -0.39 is 16.4 Å². The molecule has 0 aliphatic carbocycles. The molecule has 0 saturated heterocycles. The summed E-state index contributed by atoms with van der Waals surface area (Å²) in [5, 5.41) is 13.8. The van der Waals surface area contributed by atoms with Crippen LogP contribution in [-0.4, -0.2) is 42.6 Å². The molecule has 0 unspecified atom stereocenters. The summed E-state index contributed by atoms with van der Waals surface area (Å²) >= 11 is 1.25. The second-order valence-corrected chi connectivity index (χ2v) is 8.79. The molecule has 0 aromatic heterocycles. The van der Waals surface area contributed by atoms with E-state index in [4.69, 9.17) is 14.2 Å². The van der Waals surface area contributed by atoms with Crippen LogP contribution < -0.4 is 14.8 Å². The SMILES string of the molecule is COc1cc(COC(=O)NCC(C)(C)C(=O)SCCC(C)C)c([N+](=O)[O-])cc1OC. The molecule has 30 heavy (non-hydrogen) atoms. The van der Waals surface area contributed by atoms with Gasteiger partial charge in [0.2, 0.25) is 0 Å². The summed E-state index contributed by atoms with van der Waals surface area (Å²) in [5.41, 5.74) is -0.861. The first-order chi connectivity index (χ1) is 14.0. The van der Waals surface area contributed by atoms with Gasteiger partial charge in [0, 0.05) is 12.3 Å². The average Bonchev–Trinajstić information content (AvgIpc) is 2.69. The molecule has 0 saturated carbocycles. The number of thioether (sulfide) groups is 1. The maximum Gasteiger partial charge on any atom is 0.407 e. The highest BCUT2D eigenvalue weighted by molar-refractivity contribution is 8.13. The molecular weight excluding hydrogens is 412 g/mol. The number of benzene rings is 1. The summed E-state index contributed by atoms with van der Waals surface area (Å²) in [5.74, 6) is 1.73. The molecule has 1 aromatic carbocycles. The fourth-order valence-electron chi connectivity index (χ4n) is 2.34. The number of nitrogens with zero attached hydrogens (tertiary/aromatic N) is 1. The van der Waals surface area contributed by atoms with Crippen molar-refractivity contribution in [2.24, 2.45) is 11.3 Å². The number of alkyl carbamates (subject to hydrolysis) is 1. The van der Waals surface area contributed by atoms with E-state index in [2.05, 4.69) is 19.2 Å². The van der Waals surface area contributed by atoms with Gasteiger partial charge in [-0.25, -0.2) is 4.79 Å². The first kappa shape index (κ1) is 25.5. The lowest BCUT2D eigenvalue weighted by Crippen LogP contribution is -2.38. The molecule has 0 spiro atoms. The number of nitro benzene ring substituents is 1. The van der Waals surface area contributed by atoms with Crippen LogP contribution in [0.2, 0.25) is 0 Å². The summed E-state index contributed by atoms with van der Waals surface area (Å²) in [6.07, 6.45) is 0.165. The molecule has 1 amide bonds. The van der Waals surface area contributed by atoms with Crippen molar-refractivity contribution < 1.29 is 28.7 Å². The second-order valence-electron chi connectivity index (χ2n) is 7.73. The van der Waals surface area contributed by atoms with E-state index in [9.17, 15) is 19.7 Å². The van der Waals surface area contributed by atoms with Crippen LogP contribution in [0.4, 0.5) is 10.5 Å². The number of methoxy groups -OCH3 is 2. The number of hydrogen-bond acceptors (Lipinski definition) is 8. The van der Waals surface area contributed by atoms with Gasteiger partial charge in [-0.15, -0.1) is 0 Å². The van der Waals surface area contributed by atoms with E-state index in [1.54, 1.807) is 13.8 Å². The second kappa shape index (κ2) is 11.6. The van der Waals surface area contributed by atoms with Gasteiger partial charge < -0.3 is 19.5 Å². The van der Waals surface area contributed by atoms with E-state index in [-0.39, 0.29) is 41.0 Å². The fraction of sp³-hybridized carbons (Fsp3) is 0.600. The van der Waals surface area contributed by atoms with Crippen LogP contribution in [0.3, 0.4) is 0 Å². The topological polar surface area (TPSA) is 117 Å². The molecule has 168 valence electrons. The predicted octanol–water partition coefficient (Wildman–Crippen LogP) is 4.17. The molecule has 1 aromatic rings. The highest BCUT2D eigenvalue weighted by atomic mass is 32.2. The third-order valence-electron chi connectivity index (χ3n) is 4.30. The van der Waals surface area contributed by atoms with Crippen LogP contribution in [-0.2, 0) is 16.1 Å². The van der Waals surface area contributed by atoms with Crippen molar-refractivity contribution in [2.75, 3.05) is 26.5 Å². The van der Waals surface area contributed by atoms with E-state index in [1.807, 2.05) is 0 Å². The molecule has 1 N–H and O–H groups in total. The lowest BCUT2D eigenvalue weighted by atomic mass is 9.96. The largest absolute Gasteiger partial charge is 0.493 e. The van der Waals surface area contributed by atoms with Crippen molar-refractivity contribution in [3.05, 3.63) is 27.8 Å². The Balaban J connectivity index is 2.68. The summed E-state index contributed by atoms with van der Waals surface area (Å²) in [4.78, 5) is 35.1. The minimum absolute atomic E-state index is 0.0148. The number of carbonyl (C=O) groups excluding carboxylic acids is 2. The zero-order chi connectivity index (χ0) is 22.9. The minimum atomic E-state index is -0.771. The Morgan fingerprint density at radius 1 is 1.20 bits per heavy atom. The number of nitrogens with one attached hydrogen (secondary N) is 1. The van der Waals surface area contributed by atoms with Crippen molar-refractivity contribution in [1.82, 2.24) is 5.32 Å². The molecule has 9 nitrogen and oxygen atoms in total. The van der Waals surface area contributed by atoms with Gasteiger partial charge in [-0.05, 0) is 18.4 Å². The molecule has 10 heteroatoms. The lowest BCUT2D eigenvalue weighted by Gasteiger charge is -2.22. The van der Waals surface area contributed by atoms with Crippen molar-refractivity contribution >= 4 is 28.7 Å². The highest BCUT2D eigenvalue weighted by Gasteiger charge is 2.29. The number of amides is 1. The molecule has 0 radical (unpaired) electrons. The van der Waals surface area contributed by atoms with Crippen LogP contribution in [0.15, 0.2) is 12.1 Å². The van der Waals surface area contributed by atoms with Crippen LogP contribution in [0, 0.1) is 21.4 Å². The van der Waals surface area contributed by atoms with Crippen molar-refractivity contribution in [3.8, 4) is 11.5 Å². The number of rotatable bonds is 11. The first-order valence-corrected chi connectivity index (χ1v) is 10.5. The smallest absolute Gasteiger partial charge is 0.407 e. The normalized spacial score (nSPS) is 11.2. The fourth-order valence-corrected chi connectivity index (χ4v) is 3.58. The third-order valence-corrected chi connectivity index (χ3v) is 5.55. The number of ether oxygens (including phenoxy) is 3. The van der Waals surface area contributed by atoms with Gasteiger partial charge in [-0.1, -0.05) is 39.5 Å². The maximum absolute atomic E-state index is 12.4. The van der Waals surface area contributed by atoms with Gasteiger partial charge >= 0.3 is 6.09 Å². The molecule has 0 aliphatic heterocycles. The minimum Gasteiger partial charge on any atom is -0.493 e. The van der Waals surface area contributed by atoms with Gasteiger partial charge in [0.05, 0.1) is 36.2 Å². The number of carbonyl (C=O) groups is 2. The van der Waals surface area contributed by atoms with Crippen LogP contribution in [0.5, 0.6) is 11.5 Å². The van der Waals surface area contributed by atoms with Crippen molar-refractivity contribution in [1.29, 1.82) is 0 Å². The maximum atomic E-state index is 12.4. The number of nitro groups is 1. The predicted molar refractivity (Wildman–Crippen MR) is 115 cm³/mol. The van der Waals surface area contributed by atoms with Gasteiger partial charge in [0.15, 0.2) is 16.6 Å². The zero-order valence-corrected chi connectivity index (χ0v) is 19.1. The summed E-state index contributed by atoms with van der Waals surface area (Å²) in [7, 11) is 2.77. The Kier molecular flexibility index (Phi) is 9.91. The summed E-state index contributed by atoms with van der Waals surface area (Å²) in [6, 6.07) is 2.61. The molecule has 0 fully saturated rings. The Labute approximate surface area is 181 Å². The van der Waals surface area contributed by atoms with Gasteiger partial charge in [-0.3, -0.25) is 14.9 Å². The average molecular weight is 443 g/mol. The van der Waals surface area contributed by atoms with E-state index >= 15 is 0 Å². The third kappa shape index (κ3) is 7.74. The Bertz CT molecular complexity index is 766. The molecular formula is C20H30N2O7S. The van der Waals surface area contributed by atoms with Crippen molar-refractivity contribution in [3.63, 3.8) is 0 Å². The molecule has 0 aliphatic rings. The molecule has 0 atom stereocenters. The Morgan fingerprint density at radius 2 is 1.80 bits per heavy atom. The van der Waals surface area contributed by atoms with Crippen LogP contribution in [0.25, 0.3) is 0 Å². The first-order valence-electron chi connectivity index (χ1n) is 9.49. The van der Waals surface area contributed by atoms with Crippen molar-refractivity contribution in [2.45, 2.75) is 40.7 Å². The monoisotopic (exact) mass is 442 g/mol. The van der Waals surface area contributed by atoms with E-state index in [0.717, 1.165) is 12.2 Å². The zero-order valence-electron chi connectivity index (χ0n) is 18.3. The highest BCUT2D eigenvalue weighted by Crippen LogP contribution is 2.34. The van der Waals surface area contributed by atoms with Gasteiger partial charge in [0.25, 0.3) is 5.69 Å². The summed E-state index contributed by atoms with van der Waals surface area (Å²) in [6.45, 7) is 7.44.